The normalized spacial score (nSPS) is 14.1. The van der Waals surface area contributed by atoms with Crippen LogP contribution in [0.2, 0.25) is 0 Å². The smallest absolute Gasteiger partial charge is 0.242 e. The Morgan fingerprint density at radius 3 is 2.50 bits per heavy atom. The number of primary amides is 1. The van der Waals surface area contributed by atoms with Crippen molar-refractivity contribution in [3.8, 4) is 0 Å². The number of nitrogens with two attached hydrogens (primary N) is 2. The van der Waals surface area contributed by atoms with Crippen LogP contribution in [0.3, 0.4) is 0 Å². The summed E-state index contributed by atoms with van der Waals surface area (Å²) >= 11 is 1.67. The van der Waals surface area contributed by atoms with Crippen LogP contribution in [0.25, 0.3) is 0 Å². The van der Waals surface area contributed by atoms with Crippen molar-refractivity contribution in [2.24, 2.45) is 11.5 Å². The molecule has 5 N–H and O–H groups in total. The number of aliphatic hydroxyl groups is 1. The highest BCUT2D eigenvalue weighted by molar-refractivity contribution is 7.99. The topological polar surface area (TPSA) is 89.3 Å². The third kappa shape index (κ3) is 4.01. The van der Waals surface area contributed by atoms with Gasteiger partial charge in [0, 0.05) is 6.61 Å². The lowest BCUT2D eigenvalue weighted by Crippen LogP contribution is -2.49. The molecule has 18 heavy (non-hydrogen) atoms. The molecular formula is C13H20N2O2S. The molecule has 1 atom stereocenters. The zero-order chi connectivity index (χ0) is 13.4. The zero-order valence-corrected chi connectivity index (χ0v) is 11.2. The Kier molecular flexibility index (Phi) is 6.18. The highest BCUT2D eigenvalue weighted by Crippen LogP contribution is 2.24. The van der Waals surface area contributed by atoms with Gasteiger partial charge in [-0.1, -0.05) is 30.3 Å². The maximum atomic E-state index is 11.6. The van der Waals surface area contributed by atoms with Gasteiger partial charge in [-0.3, -0.25) is 4.79 Å². The van der Waals surface area contributed by atoms with Crippen molar-refractivity contribution in [1.29, 1.82) is 0 Å². The number of carbonyl (C=O) groups is 1. The van der Waals surface area contributed by atoms with Crippen molar-refractivity contribution in [3.05, 3.63) is 35.9 Å². The van der Waals surface area contributed by atoms with Crippen LogP contribution in [0.4, 0.5) is 0 Å². The summed E-state index contributed by atoms with van der Waals surface area (Å²) in [7, 11) is 0. The van der Waals surface area contributed by atoms with Gasteiger partial charge in [-0.2, -0.15) is 11.8 Å². The van der Waals surface area contributed by atoms with Crippen LogP contribution in [0, 0.1) is 0 Å². The van der Waals surface area contributed by atoms with Crippen molar-refractivity contribution < 1.29 is 9.90 Å². The first kappa shape index (κ1) is 15.0. The number of aliphatic hydroxyl groups excluding tert-OH is 1. The van der Waals surface area contributed by atoms with Gasteiger partial charge in [-0.25, -0.2) is 0 Å². The Hall–Kier alpha value is -1.04. The summed E-state index contributed by atoms with van der Waals surface area (Å²) in [6, 6.07) is 9.21. The van der Waals surface area contributed by atoms with E-state index in [0.717, 1.165) is 23.5 Å². The van der Waals surface area contributed by atoms with Crippen LogP contribution >= 0.6 is 11.8 Å². The first-order chi connectivity index (χ1) is 8.61. The van der Waals surface area contributed by atoms with Crippen molar-refractivity contribution >= 4 is 17.7 Å². The quantitative estimate of drug-likeness (QED) is 0.609. The minimum Gasteiger partial charge on any atom is -0.396 e. The molecule has 0 spiro atoms. The lowest BCUT2D eigenvalue weighted by Gasteiger charge is -2.26. The fourth-order valence-electron chi connectivity index (χ4n) is 1.65. The molecule has 100 valence electrons. The van der Waals surface area contributed by atoms with Gasteiger partial charge in [0.2, 0.25) is 5.91 Å². The largest absolute Gasteiger partial charge is 0.396 e. The number of hydrogen-bond donors (Lipinski definition) is 3. The highest BCUT2D eigenvalue weighted by atomic mass is 32.2. The third-order valence-electron chi connectivity index (χ3n) is 2.82. The van der Waals surface area contributed by atoms with E-state index >= 15 is 0 Å². The standard InChI is InChI=1S/C13H20N2O2S/c14-12(17)13(15,7-10-18-9-4-8-16)11-5-2-1-3-6-11/h1-3,5-6,16H,4,7-10,15H2,(H2,14,17). The van der Waals surface area contributed by atoms with Gasteiger partial charge in [0.1, 0.15) is 5.54 Å². The Morgan fingerprint density at radius 2 is 1.94 bits per heavy atom. The molecule has 1 unspecified atom stereocenters. The first-order valence-corrected chi connectivity index (χ1v) is 7.09. The van der Waals surface area contributed by atoms with Crippen LogP contribution in [-0.2, 0) is 10.3 Å². The molecule has 0 aliphatic heterocycles. The minimum absolute atomic E-state index is 0.190. The molecule has 1 aromatic rings. The van der Waals surface area contributed by atoms with E-state index in [1.165, 1.54) is 0 Å². The number of thioether (sulfide) groups is 1. The summed E-state index contributed by atoms with van der Waals surface area (Å²) in [4.78, 5) is 11.6. The summed E-state index contributed by atoms with van der Waals surface area (Å²) in [5.74, 6) is 1.10. The number of amides is 1. The highest BCUT2D eigenvalue weighted by Gasteiger charge is 2.33. The van der Waals surface area contributed by atoms with E-state index in [2.05, 4.69) is 0 Å². The molecule has 0 bridgehead atoms. The van der Waals surface area contributed by atoms with E-state index in [1.807, 2.05) is 30.3 Å². The van der Waals surface area contributed by atoms with Gasteiger partial charge < -0.3 is 16.6 Å². The second-order valence-corrected chi connectivity index (χ2v) is 5.37. The Bertz CT molecular complexity index is 373. The third-order valence-corrected chi connectivity index (χ3v) is 3.89. The molecule has 4 nitrogen and oxygen atoms in total. The number of hydrogen-bond acceptors (Lipinski definition) is 4. The Labute approximate surface area is 112 Å². The molecule has 0 aromatic heterocycles. The lowest BCUT2D eigenvalue weighted by atomic mass is 9.88. The monoisotopic (exact) mass is 268 g/mol. The maximum absolute atomic E-state index is 11.6. The van der Waals surface area contributed by atoms with Crippen LogP contribution < -0.4 is 11.5 Å². The molecule has 1 amide bonds. The second kappa shape index (κ2) is 7.41. The van der Waals surface area contributed by atoms with Crippen molar-refractivity contribution in [2.75, 3.05) is 18.1 Å². The summed E-state index contributed by atoms with van der Waals surface area (Å²) in [6.07, 6.45) is 1.26. The van der Waals surface area contributed by atoms with Crippen molar-refractivity contribution in [3.63, 3.8) is 0 Å². The van der Waals surface area contributed by atoms with Gasteiger partial charge in [-0.05, 0) is 29.9 Å². The molecule has 0 saturated carbocycles. The van der Waals surface area contributed by atoms with Gasteiger partial charge in [0.05, 0.1) is 0 Å². The second-order valence-electron chi connectivity index (χ2n) is 4.14. The van der Waals surface area contributed by atoms with E-state index in [0.29, 0.717) is 6.42 Å². The number of benzene rings is 1. The van der Waals surface area contributed by atoms with Crippen LogP contribution in [0.5, 0.6) is 0 Å². The van der Waals surface area contributed by atoms with Crippen LogP contribution in [0.15, 0.2) is 30.3 Å². The molecule has 1 aromatic carbocycles. The summed E-state index contributed by atoms with van der Waals surface area (Å²) < 4.78 is 0. The van der Waals surface area contributed by atoms with Crippen LogP contribution in [0.1, 0.15) is 18.4 Å². The molecule has 0 fully saturated rings. The molecule has 5 heteroatoms. The van der Waals surface area contributed by atoms with Gasteiger partial charge in [0.25, 0.3) is 0 Å². The average molecular weight is 268 g/mol. The van der Waals surface area contributed by atoms with Crippen LogP contribution in [-0.4, -0.2) is 29.1 Å². The lowest BCUT2D eigenvalue weighted by molar-refractivity contribution is -0.123. The Balaban J connectivity index is 2.62. The van der Waals surface area contributed by atoms with E-state index < -0.39 is 11.4 Å². The van der Waals surface area contributed by atoms with E-state index in [1.54, 1.807) is 11.8 Å². The van der Waals surface area contributed by atoms with Crippen molar-refractivity contribution in [2.45, 2.75) is 18.4 Å². The number of rotatable bonds is 8. The summed E-state index contributed by atoms with van der Waals surface area (Å²) in [5.41, 5.74) is 11.2. The Morgan fingerprint density at radius 1 is 1.28 bits per heavy atom. The fraction of sp³-hybridized carbons (Fsp3) is 0.462. The molecule has 0 radical (unpaired) electrons. The molecule has 0 heterocycles. The molecular weight excluding hydrogens is 248 g/mol. The molecule has 0 aliphatic carbocycles. The average Bonchev–Trinajstić information content (AvgIpc) is 2.39. The first-order valence-electron chi connectivity index (χ1n) is 5.94. The molecule has 0 aliphatic rings. The summed E-state index contributed by atoms with van der Waals surface area (Å²) in [5, 5.41) is 8.68. The molecule has 0 saturated heterocycles. The van der Waals surface area contributed by atoms with Crippen molar-refractivity contribution in [1.82, 2.24) is 0 Å². The van der Waals surface area contributed by atoms with E-state index in [9.17, 15) is 4.79 Å². The van der Waals surface area contributed by atoms with E-state index in [-0.39, 0.29) is 6.61 Å². The van der Waals surface area contributed by atoms with E-state index in [4.69, 9.17) is 16.6 Å². The SMILES string of the molecule is NC(=O)C(N)(CCSCCCO)c1ccccc1. The zero-order valence-electron chi connectivity index (χ0n) is 10.3. The maximum Gasteiger partial charge on any atom is 0.242 e. The minimum atomic E-state index is -1.10. The predicted octanol–water partition coefficient (Wildman–Crippen LogP) is 0.832. The van der Waals surface area contributed by atoms with Gasteiger partial charge >= 0.3 is 0 Å². The summed E-state index contributed by atoms with van der Waals surface area (Å²) in [6.45, 7) is 0.190. The van der Waals surface area contributed by atoms with Gasteiger partial charge in [-0.15, -0.1) is 0 Å². The molecule has 1 rings (SSSR count). The predicted molar refractivity (Wildman–Crippen MR) is 75.1 cm³/mol. The number of carbonyl (C=O) groups excluding carboxylic acids is 1. The fourth-order valence-corrected chi connectivity index (χ4v) is 2.65. The van der Waals surface area contributed by atoms with Gasteiger partial charge in [0.15, 0.2) is 0 Å².